The molecule has 0 bridgehead atoms. The fraction of sp³-hybridized carbons (Fsp3) is 0.0938. The van der Waals surface area contributed by atoms with Crippen LogP contribution in [-0.2, 0) is 10.8 Å². The zero-order chi connectivity index (χ0) is 44.3. The Labute approximate surface area is 386 Å². The van der Waals surface area contributed by atoms with E-state index in [2.05, 4.69) is 245 Å². The summed E-state index contributed by atoms with van der Waals surface area (Å²) >= 11 is 0. The lowest BCUT2D eigenvalue weighted by Gasteiger charge is -2.30. The number of benzene rings is 10. The van der Waals surface area contributed by atoms with Gasteiger partial charge < -0.3 is 9.32 Å². The highest BCUT2D eigenvalue weighted by molar-refractivity contribution is 6.20. The van der Waals surface area contributed by atoms with Crippen molar-refractivity contribution < 1.29 is 4.42 Å². The minimum atomic E-state index is -0.119. The minimum Gasteiger partial charge on any atom is -0.455 e. The normalized spacial score (nSPS) is 14.0. The number of rotatable bonds is 6. The summed E-state index contributed by atoms with van der Waals surface area (Å²) in [6.45, 7) is 9.44. The van der Waals surface area contributed by atoms with Crippen LogP contribution in [0.1, 0.15) is 49.9 Å². The third kappa shape index (κ3) is 5.55. The molecule has 0 aliphatic heterocycles. The lowest BCUT2D eigenvalue weighted by atomic mass is 9.81. The monoisotopic (exact) mass is 845 g/mol. The Balaban J connectivity index is 1.02. The molecule has 2 aliphatic carbocycles. The fourth-order valence-corrected chi connectivity index (χ4v) is 11.6. The summed E-state index contributed by atoms with van der Waals surface area (Å²) in [4.78, 5) is 2.48. The summed E-state index contributed by atoms with van der Waals surface area (Å²) in [5.74, 6) is 0. The quantitative estimate of drug-likeness (QED) is 0.166. The maximum Gasteiger partial charge on any atom is 0.143 e. The summed E-state index contributed by atoms with van der Waals surface area (Å²) in [6.07, 6.45) is 0. The molecule has 0 N–H and O–H groups in total. The molecule has 0 radical (unpaired) electrons. The van der Waals surface area contributed by atoms with Crippen LogP contribution in [0, 0.1) is 0 Å². The molecule has 0 spiro atoms. The van der Waals surface area contributed by atoms with Gasteiger partial charge in [0, 0.05) is 43.8 Å². The summed E-state index contributed by atoms with van der Waals surface area (Å²) < 4.78 is 6.76. The molecule has 1 heterocycles. The van der Waals surface area contributed by atoms with Crippen LogP contribution in [0.5, 0.6) is 0 Å². The van der Waals surface area contributed by atoms with E-state index in [0.29, 0.717) is 0 Å². The lowest BCUT2D eigenvalue weighted by Crippen LogP contribution is -2.15. The van der Waals surface area contributed by atoms with E-state index in [9.17, 15) is 0 Å². The van der Waals surface area contributed by atoms with Gasteiger partial charge in [-0.1, -0.05) is 198 Å². The fourth-order valence-electron chi connectivity index (χ4n) is 11.6. The molecule has 10 aromatic carbocycles. The standard InChI is InChI=1S/C64H47NO/c1-63(2)54-26-12-8-22-51(54)60-49(23-15-27-55(60)63)47-20-9-13-28-57(47)65(43-35-31-40(32-36-43)42-34-37-46-45-19-7-11-25-53(45)64(3,4)56(46)39-42)58-29-14-10-21-48(58)50-24-16-30-59-61(50)52-38-33-41-17-5-6-18-44(41)62(52)66-59/h5-39H,1-4H3. The average Bonchev–Trinajstić information content (AvgIpc) is 3.95. The van der Waals surface area contributed by atoms with Crippen LogP contribution in [0.2, 0.25) is 0 Å². The van der Waals surface area contributed by atoms with Crippen molar-refractivity contribution in [3.63, 3.8) is 0 Å². The summed E-state index contributed by atoms with van der Waals surface area (Å²) in [6, 6.07) is 78.3. The molecular formula is C64H47NO. The van der Waals surface area contributed by atoms with Gasteiger partial charge in [-0.3, -0.25) is 0 Å². The smallest absolute Gasteiger partial charge is 0.143 e. The number of anilines is 3. The summed E-state index contributed by atoms with van der Waals surface area (Å²) in [5.41, 5.74) is 22.8. The van der Waals surface area contributed by atoms with Crippen molar-refractivity contribution >= 4 is 49.8 Å². The third-order valence-corrected chi connectivity index (χ3v) is 14.9. The Bertz CT molecular complexity index is 3770. The molecule has 0 fully saturated rings. The third-order valence-electron chi connectivity index (χ3n) is 14.9. The molecule has 0 saturated heterocycles. The van der Waals surface area contributed by atoms with E-state index in [4.69, 9.17) is 4.42 Å². The van der Waals surface area contributed by atoms with Crippen LogP contribution in [0.3, 0.4) is 0 Å². The predicted molar refractivity (Wildman–Crippen MR) is 277 cm³/mol. The van der Waals surface area contributed by atoms with Crippen LogP contribution < -0.4 is 4.90 Å². The van der Waals surface area contributed by atoms with E-state index in [-0.39, 0.29) is 10.8 Å². The minimum absolute atomic E-state index is 0.0737. The first kappa shape index (κ1) is 38.5. The van der Waals surface area contributed by atoms with Gasteiger partial charge in [-0.05, 0) is 115 Å². The molecule has 2 nitrogen and oxygen atoms in total. The molecule has 2 aliphatic rings. The lowest BCUT2D eigenvalue weighted by molar-refractivity contribution is 0.660. The van der Waals surface area contributed by atoms with Crippen molar-refractivity contribution in [2.75, 3.05) is 4.90 Å². The Morgan fingerprint density at radius 2 is 0.909 bits per heavy atom. The molecule has 2 heteroatoms. The molecule has 0 amide bonds. The van der Waals surface area contributed by atoms with Gasteiger partial charge in [0.1, 0.15) is 11.2 Å². The van der Waals surface area contributed by atoms with E-state index in [1.165, 1.54) is 72.1 Å². The van der Waals surface area contributed by atoms with E-state index in [0.717, 1.165) is 55.5 Å². The van der Waals surface area contributed by atoms with Crippen molar-refractivity contribution in [3.05, 3.63) is 235 Å². The average molecular weight is 846 g/mol. The van der Waals surface area contributed by atoms with Crippen LogP contribution in [-0.4, -0.2) is 0 Å². The maximum atomic E-state index is 6.76. The van der Waals surface area contributed by atoms with Gasteiger partial charge in [-0.2, -0.15) is 0 Å². The van der Waals surface area contributed by atoms with E-state index in [1.807, 2.05) is 0 Å². The molecule has 0 atom stereocenters. The van der Waals surface area contributed by atoms with Crippen molar-refractivity contribution in [1.82, 2.24) is 0 Å². The molecule has 0 saturated carbocycles. The molecule has 11 aromatic rings. The topological polar surface area (TPSA) is 16.4 Å². The first-order chi connectivity index (χ1) is 32.3. The van der Waals surface area contributed by atoms with Gasteiger partial charge in [0.2, 0.25) is 0 Å². The highest BCUT2D eigenvalue weighted by Gasteiger charge is 2.38. The maximum absolute atomic E-state index is 6.76. The van der Waals surface area contributed by atoms with Crippen LogP contribution in [0.4, 0.5) is 17.1 Å². The second kappa shape index (κ2) is 14.3. The van der Waals surface area contributed by atoms with Gasteiger partial charge in [-0.15, -0.1) is 0 Å². The first-order valence-corrected chi connectivity index (χ1v) is 23.2. The Kier molecular flexibility index (Phi) is 8.33. The number of fused-ring (bicyclic) bond motifs is 11. The largest absolute Gasteiger partial charge is 0.455 e. The molecule has 314 valence electrons. The highest BCUT2D eigenvalue weighted by atomic mass is 16.3. The predicted octanol–water partition coefficient (Wildman–Crippen LogP) is 17.8. The number of nitrogens with zero attached hydrogens (tertiary/aromatic N) is 1. The Hall–Kier alpha value is -7.94. The van der Waals surface area contributed by atoms with Crippen molar-refractivity contribution in [2.45, 2.75) is 38.5 Å². The van der Waals surface area contributed by atoms with Gasteiger partial charge >= 0.3 is 0 Å². The van der Waals surface area contributed by atoms with Crippen LogP contribution in [0.25, 0.3) is 88.3 Å². The van der Waals surface area contributed by atoms with Gasteiger partial charge in [-0.25, -0.2) is 0 Å². The van der Waals surface area contributed by atoms with Gasteiger partial charge in [0.15, 0.2) is 0 Å². The summed E-state index contributed by atoms with van der Waals surface area (Å²) in [5, 5.41) is 4.53. The molecule has 1 aromatic heterocycles. The number of para-hydroxylation sites is 2. The number of furan rings is 1. The molecule has 66 heavy (non-hydrogen) atoms. The molecular weight excluding hydrogens is 799 g/mol. The number of hydrogen-bond acceptors (Lipinski definition) is 2. The Morgan fingerprint density at radius 3 is 1.68 bits per heavy atom. The second-order valence-corrected chi connectivity index (χ2v) is 19.2. The summed E-state index contributed by atoms with van der Waals surface area (Å²) in [7, 11) is 0. The van der Waals surface area contributed by atoms with E-state index < -0.39 is 0 Å². The number of hydrogen-bond donors (Lipinski definition) is 0. The van der Waals surface area contributed by atoms with E-state index in [1.54, 1.807) is 0 Å². The van der Waals surface area contributed by atoms with Crippen LogP contribution >= 0.6 is 0 Å². The molecule has 13 rings (SSSR count). The van der Waals surface area contributed by atoms with E-state index >= 15 is 0 Å². The van der Waals surface area contributed by atoms with Crippen molar-refractivity contribution in [3.8, 4) is 55.6 Å². The second-order valence-electron chi connectivity index (χ2n) is 19.2. The van der Waals surface area contributed by atoms with Gasteiger partial charge in [0.05, 0.1) is 11.4 Å². The highest BCUT2D eigenvalue weighted by Crippen LogP contribution is 2.55. The zero-order valence-corrected chi connectivity index (χ0v) is 37.6. The van der Waals surface area contributed by atoms with Gasteiger partial charge in [0.25, 0.3) is 0 Å². The molecule has 0 unspecified atom stereocenters. The first-order valence-electron chi connectivity index (χ1n) is 23.2. The van der Waals surface area contributed by atoms with Crippen molar-refractivity contribution in [2.24, 2.45) is 0 Å². The zero-order valence-electron chi connectivity index (χ0n) is 37.6. The van der Waals surface area contributed by atoms with Crippen LogP contribution in [0.15, 0.2) is 217 Å². The SMILES string of the molecule is CC1(C)c2ccccc2-c2ccc(-c3ccc(N(c4ccccc4-c4cccc5c4-c4ccccc4C5(C)C)c4ccccc4-c4cccc5oc6c7ccccc7ccc6c45)cc3)cc21. The van der Waals surface area contributed by atoms with Crippen molar-refractivity contribution in [1.29, 1.82) is 0 Å². The Morgan fingerprint density at radius 1 is 0.364 bits per heavy atom.